The number of aromatic nitrogens is 2. The van der Waals surface area contributed by atoms with Gasteiger partial charge in [0.05, 0.1) is 11.4 Å². The van der Waals surface area contributed by atoms with Crippen LogP contribution in [-0.4, -0.2) is 15.2 Å². The number of nitrogens with two attached hydrogens (primary N) is 1. The first-order chi connectivity index (χ1) is 6.22. The van der Waals surface area contributed by atoms with Gasteiger partial charge in [-0.15, -0.1) is 0 Å². The molecule has 2 N–H and O–H groups in total. The molecule has 0 aliphatic rings. The van der Waals surface area contributed by atoms with Crippen LogP contribution in [0.3, 0.4) is 0 Å². The summed E-state index contributed by atoms with van der Waals surface area (Å²) in [7, 11) is 0. The van der Waals surface area contributed by atoms with E-state index in [1.807, 2.05) is 17.8 Å². The first-order valence-electron chi connectivity index (χ1n) is 4.35. The van der Waals surface area contributed by atoms with Gasteiger partial charge in [-0.25, -0.2) is 9.97 Å². The summed E-state index contributed by atoms with van der Waals surface area (Å²) in [5.74, 6) is 1.74. The second-order valence-corrected chi connectivity index (χ2v) is 4.59. The van der Waals surface area contributed by atoms with Crippen LogP contribution in [0.25, 0.3) is 0 Å². The molecule has 72 valence electrons. The molecule has 0 aromatic carbocycles. The third-order valence-corrected chi connectivity index (χ3v) is 2.61. The predicted molar refractivity (Wildman–Crippen MR) is 56.4 cm³/mol. The Labute approximate surface area is 83.2 Å². The average Bonchev–Trinajstić information content (AvgIpc) is 2.15. The average molecular weight is 197 g/mol. The molecule has 0 amide bonds. The minimum absolute atomic E-state index is 0.488. The zero-order valence-electron chi connectivity index (χ0n) is 8.03. The Morgan fingerprint density at radius 1 is 1.54 bits per heavy atom. The molecule has 0 atom stereocenters. The van der Waals surface area contributed by atoms with Crippen molar-refractivity contribution in [1.82, 2.24) is 9.97 Å². The van der Waals surface area contributed by atoms with Gasteiger partial charge in [0.25, 0.3) is 0 Å². The van der Waals surface area contributed by atoms with Crippen molar-refractivity contribution >= 4 is 11.8 Å². The first kappa shape index (κ1) is 10.5. The van der Waals surface area contributed by atoms with E-state index in [9.17, 15) is 0 Å². The summed E-state index contributed by atoms with van der Waals surface area (Å²) < 4.78 is 0. The van der Waals surface area contributed by atoms with Crippen LogP contribution in [0.2, 0.25) is 0 Å². The molecule has 0 spiro atoms. The van der Waals surface area contributed by atoms with Gasteiger partial charge in [-0.2, -0.15) is 11.8 Å². The largest absolute Gasteiger partial charge is 0.325 e. The Balaban J connectivity index is 2.56. The maximum Gasteiger partial charge on any atom is 0.138 e. The standard InChI is InChI=1S/C9H15N3S/c1-7(2)13-6-9-11-4-3-8(5-10)12-9/h3-4,7H,5-6,10H2,1-2H3. The van der Waals surface area contributed by atoms with E-state index in [1.54, 1.807) is 6.20 Å². The maximum atomic E-state index is 5.48. The molecule has 0 fully saturated rings. The summed E-state index contributed by atoms with van der Waals surface area (Å²) >= 11 is 1.84. The summed E-state index contributed by atoms with van der Waals surface area (Å²) in [6.07, 6.45) is 1.77. The van der Waals surface area contributed by atoms with Crippen molar-refractivity contribution in [2.24, 2.45) is 5.73 Å². The molecule has 0 saturated carbocycles. The van der Waals surface area contributed by atoms with Crippen LogP contribution in [0.5, 0.6) is 0 Å². The summed E-state index contributed by atoms with van der Waals surface area (Å²) in [4.78, 5) is 8.48. The minimum Gasteiger partial charge on any atom is -0.325 e. The van der Waals surface area contributed by atoms with Gasteiger partial charge in [-0.05, 0) is 11.3 Å². The summed E-state index contributed by atoms with van der Waals surface area (Å²) in [6, 6.07) is 1.85. The molecule has 0 bridgehead atoms. The molecule has 0 saturated heterocycles. The van der Waals surface area contributed by atoms with Gasteiger partial charge in [-0.1, -0.05) is 13.8 Å². The lowest BCUT2D eigenvalue weighted by molar-refractivity contribution is 0.916. The normalized spacial score (nSPS) is 10.8. The molecule has 1 heterocycles. The van der Waals surface area contributed by atoms with Crippen molar-refractivity contribution in [3.8, 4) is 0 Å². The van der Waals surface area contributed by atoms with Gasteiger partial charge >= 0.3 is 0 Å². The summed E-state index contributed by atoms with van der Waals surface area (Å²) in [5.41, 5.74) is 6.39. The van der Waals surface area contributed by atoms with Gasteiger partial charge < -0.3 is 5.73 Å². The van der Waals surface area contributed by atoms with E-state index in [-0.39, 0.29) is 0 Å². The molecule has 1 aromatic heterocycles. The molecule has 0 aliphatic carbocycles. The Morgan fingerprint density at radius 3 is 2.92 bits per heavy atom. The number of hydrogen-bond acceptors (Lipinski definition) is 4. The fourth-order valence-corrected chi connectivity index (χ4v) is 1.49. The van der Waals surface area contributed by atoms with E-state index in [1.165, 1.54) is 0 Å². The van der Waals surface area contributed by atoms with Crippen LogP contribution in [0.15, 0.2) is 12.3 Å². The third kappa shape index (κ3) is 3.74. The van der Waals surface area contributed by atoms with Crippen LogP contribution in [-0.2, 0) is 12.3 Å². The predicted octanol–water partition coefficient (Wildman–Crippen LogP) is 1.58. The zero-order chi connectivity index (χ0) is 9.68. The summed E-state index contributed by atoms with van der Waals surface area (Å²) in [6.45, 7) is 4.82. The van der Waals surface area contributed by atoms with Gasteiger partial charge in [0, 0.05) is 12.7 Å². The molecule has 0 radical (unpaired) electrons. The fourth-order valence-electron chi connectivity index (χ4n) is 0.866. The second-order valence-electron chi connectivity index (χ2n) is 3.03. The highest BCUT2D eigenvalue weighted by Gasteiger charge is 2.00. The van der Waals surface area contributed by atoms with Crippen molar-refractivity contribution in [2.45, 2.75) is 31.4 Å². The number of hydrogen-bond donors (Lipinski definition) is 1. The van der Waals surface area contributed by atoms with Crippen molar-refractivity contribution in [1.29, 1.82) is 0 Å². The van der Waals surface area contributed by atoms with Gasteiger partial charge in [0.2, 0.25) is 0 Å². The molecule has 1 rings (SSSR count). The first-order valence-corrected chi connectivity index (χ1v) is 5.39. The highest BCUT2D eigenvalue weighted by atomic mass is 32.2. The topological polar surface area (TPSA) is 51.8 Å². The monoisotopic (exact) mass is 197 g/mol. The van der Waals surface area contributed by atoms with Crippen molar-refractivity contribution in [3.05, 3.63) is 23.8 Å². The van der Waals surface area contributed by atoms with E-state index >= 15 is 0 Å². The Hall–Kier alpha value is -0.610. The smallest absolute Gasteiger partial charge is 0.138 e. The lowest BCUT2D eigenvalue weighted by Gasteiger charge is -2.04. The Bertz CT molecular complexity index is 263. The Morgan fingerprint density at radius 2 is 2.31 bits per heavy atom. The minimum atomic E-state index is 0.488. The highest BCUT2D eigenvalue weighted by molar-refractivity contribution is 7.99. The third-order valence-electron chi connectivity index (χ3n) is 1.52. The fraction of sp³-hybridized carbons (Fsp3) is 0.556. The lowest BCUT2D eigenvalue weighted by Crippen LogP contribution is -2.03. The van der Waals surface area contributed by atoms with E-state index in [0.29, 0.717) is 11.8 Å². The highest BCUT2D eigenvalue weighted by Crippen LogP contribution is 2.13. The van der Waals surface area contributed by atoms with Crippen LogP contribution < -0.4 is 5.73 Å². The van der Waals surface area contributed by atoms with Gasteiger partial charge in [0.1, 0.15) is 5.82 Å². The van der Waals surface area contributed by atoms with E-state index in [2.05, 4.69) is 23.8 Å². The molecule has 1 aromatic rings. The molecular weight excluding hydrogens is 182 g/mol. The molecule has 3 nitrogen and oxygen atoms in total. The number of nitrogens with zero attached hydrogens (tertiary/aromatic N) is 2. The van der Waals surface area contributed by atoms with Crippen LogP contribution >= 0.6 is 11.8 Å². The van der Waals surface area contributed by atoms with Gasteiger partial charge in [-0.3, -0.25) is 0 Å². The Kier molecular flexibility index (Phi) is 4.18. The molecule has 0 aliphatic heterocycles. The van der Waals surface area contributed by atoms with Crippen molar-refractivity contribution in [2.75, 3.05) is 0 Å². The van der Waals surface area contributed by atoms with Crippen LogP contribution in [0, 0.1) is 0 Å². The SMILES string of the molecule is CC(C)SCc1nccc(CN)n1. The van der Waals surface area contributed by atoms with E-state index in [0.717, 1.165) is 17.3 Å². The van der Waals surface area contributed by atoms with Crippen molar-refractivity contribution in [3.63, 3.8) is 0 Å². The summed E-state index contributed by atoms with van der Waals surface area (Å²) in [5, 5.41) is 0.616. The molecule has 0 unspecified atom stereocenters. The van der Waals surface area contributed by atoms with Crippen LogP contribution in [0.4, 0.5) is 0 Å². The van der Waals surface area contributed by atoms with E-state index in [4.69, 9.17) is 5.73 Å². The van der Waals surface area contributed by atoms with Gasteiger partial charge in [0.15, 0.2) is 0 Å². The maximum absolute atomic E-state index is 5.48. The quantitative estimate of drug-likeness (QED) is 0.796. The molecule has 4 heteroatoms. The molecule has 13 heavy (non-hydrogen) atoms. The van der Waals surface area contributed by atoms with Crippen LogP contribution in [0.1, 0.15) is 25.4 Å². The van der Waals surface area contributed by atoms with E-state index < -0.39 is 0 Å². The zero-order valence-corrected chi connectivity index (χ0v) is 8.84. The number of rotatable bonds is 4. The lowest BCUT2D eigenvalue weighted by atomic mass is 10.4. The molecular formula is C9H15N3S. The second kappa shape index (κ2) is 5.19. The van der Waals surface area contributed by atoms with Crippen molar-refractivity contribution < 1.29 is 0 Å². The number of thioether (sulfide) groups is 1.